The van der Waals surface area contributed by atoms with Crippen molar-refractivity contribution in [3.8, 4) is 5.75 Å². The van der Waals surface area contributed by atoms with E-state index >= 15 is 0 Å². The summed E-state index contributed by atoms with van der Waals surface area (Å²) >= 11 is 0. The average molecular weight is 409 g/mol. The van der Waals surface area contributed by atoms with Crippen LogP contribution >= 0.6 is 0 Å². The maximum atomic E-state index is 12.4. The number of rotatable bonds is 5. The van der Waals surface area contributed by atoms with Gasteiger partial charge in [-0.1, -0.05) is 18.2 Å². The van der Waals surface area contributed by atoms with Crippen LogP contribution in [0.15, 0.2) is 71.6 Å². The Morgan fingerprint density at radius 1 is 1.00 bits per heavy atom. The summed E-state index contributed by atoms with van der Waals surface area (Å²) in [5.41, 5.74) is 2.41. The maximum absolute atomic E-state index is 12.4. The smallest absolute Gasteiger partial charge is 0.265 e. The average Bonchev–Trinajstić information content (AvgIpc) is 3.05. The van der Waals surface area contributed by atoms with Crippen LogP contribution in [0, 0.1) is 0 Å². The van der Waals surface area contributed by atoms with Crippen LogP contribution in [0.25, 0.3) is 21.8 Å². The highest BCUT2D eigenvalue weighted by molar-refractivity contribution is 7.89. The topological polar surface area (TPSA) is 114 Å². The second kappa shape index (κ2) is 7.23. The molecule has 1 heterocycles. The number of hydrogen-bond acceptors (Lipinski definition) is 4. The fraction of sp³-hybridized carbons (Fsp3) is 0.0952. The van der Waals surface area contributed by atoms with Crippen LogP contribution in [-0.4, -0.2) is 25.4 Å². The molecule has 0 bridgehead atoms. The van der Waals surface area contributed by atoms with Crippen molar-refractivity contribution >= 4 is 43.4 Å². The molecule has 7 nitrogen and oxygen atoms in total. The lowest BCUT2D eigenvalue weighted by Crippen LogP contribution is -2.30. The normalized spacial score (nSPS) is 12.8. The van der Waals surface area contributed by atoms with Gasteiger partial charge in [0.15, 0.2) is 6.10 Å². The Kier molecular flexibility index (Phi) is 4.73. The number of anilines is 1. The summed E-state index contributed by atoms with van der Waals surface area (Å²) in [5, 5.41) is 9.97. The van der Waals surface area contributed by atoms with Crippen LogP contribution in [0.5, 0.6) is 5.75 Å². The number of primary sulfonamides is 1. The van der Waals surface area contributed by atoms with E-state index in [1.54, 1.807) is 6.92 Å². The Hall–Kier alpha value is -3.36. The number of aromatic amines is 1. The van der Waals surface area contributed by atoms with Crippen LogP contribution < -0.4 is 15.2 Å². The predicted octanol–water partition coefficient (Wildman–Crippen LogP) is 3.37. The Morgan fingerprint density at radius 2 is 1.69 bits per heavy atom. The van der Waals surface area contributed by atoms with Gasteiger partial charge in [-0.2, -0.15) is 0 Å². The molecular formula is C21H19N3O4S. The molecule has 148 valence electrons. The molecule has 8 heteroatoms. The molecule has 4 aromatic rings. The van der Waals surface area contributed by atoms with Crippen molar-refractivity contribution in [1.82, 2.24) is 4.98 Å². The van der Waals surface area contributed by atoms with E-state index in [1.807, 2.05) is 42.5 Å². The van der Waals surface area contributed by atoms with E-state index in [0.717, 1.165) is 21.8 Å². The van der Waals surface area contributed by atoms with E-state index in [9.17, 15) is 13.2 Å². The zero-order valence-corrected chi connectivity index (χ0v) is 16.4. The largest absolute Gasteiger partial charge is 0.481 e. The minimum Gasteiger partial charge on any atom is -0.481 e. The van der Waals surface area contributed by atoms with Gasteiger partial charge in [0.2, 0.25) is 10.0 Å². The van der Waals surface area contributed by atoms with Gasteiger partial charge in [0.1, 0.15) is 5.75 Å². The standard InChI is InChI=1S/C21H19N3O4S/c1-13(21(25)23-14-6-9-16(10-7-14)29(22,26)27)28-15-8-11-18-17-4-2-3-5-19(17)24-20(18)12-15/h2-13,24H,1H3,(H,23,25)(H2,22,26,27). The Bertz CT molecular complexity index is 1310. The lowest BCUT2D eigenvalue weighted by atomic mass is 10.1. The molecule has 1 amide bonds. The second-order valence-corrected chi connectivity index (χ2v) is 8.26. The third-order valence-electron chi connectivity index (χ3n) is 4.61. The van der Waals surface area contributed by atoms with E-state index in [-0.39, 0.29) is 10.8 Å². The molecule has 1 aromatic heterocycles. The van der Waals surface area contributed by atoms with Gasteiger partial charge in [0, 0.05) is 28.0 Å². The lowest BCUT2D eigenvalue weighted by molar-refractivity contribution is -0.122. The zero-order chi connectivity index (χ0) is 20.6. The van der Waals surface area contributed by atoms with Crippen molar-refractivity contribution in [1.29, 1.82) is 0 Å². The summed E-state index contributed by atoms with van der Waals surface area (Å²) < 4.78 is 28.4. The van der Waals surface area contributed by atoms with E-state index in [1.165, 1.54) is 24.3 Å². The molecule has 0 fully saturated rings. The Morgan fingerprint density at radius 3 is 2.41 bits per heavy atom. The Labute approximate surface area is 167 Å². The number of fused-ring (bicyclic) bond motifs is 3. The van der Waals surface area contributed by atoms with Crippen molar-refractivity contribution in [2.24, 2.45) is 5.14 Å². The number of H-pyrrole nitrogens is 1. The summed E-state index contributed by atoms with van der Waals surface area (Å²) in [6.07, 6.45) is -0.755. The van der Waals surface area contributed by atoms with Crippen LogP contribution in [0.3, 0.4) is 0 Å². The van der Waals surface area contributed by atoms with Crippen molar-refractivity contribution in [3.63, 3.8) is 0 Å². The van der Waals surface area contributed by atoms with E-state index in [4.69, 9.17) is 9.88 Å². The number of aromatic nitrogens is 1. The minimum atomic E-state index is -3.77. The summed E-state index contributed by atoms with van der Waals surface area (Å²) in [6.45, 7) is 1.64. The van der Waals surface area contributed by atoms with Gasteiger partial charge in [-0.05, 0) is 49.4 Å². The molecule has 4 rings (SSSR count). The number of carbonyl (C=O) groups excluding carboxylic acids is 1. The minimum absolute atomic E-state index is 0.0218. The number of para-hydroxylation sites is 1. The van der Waals surface area contributed by atoms with E-state index in [2.05, 4.69) is 10.3 Å². The molecule has 0 saturated heterocycles. The zero-order valence-electron chi connectivity index (χ0n) is 15.5. The maximum Gasteiger partial charge on any atom is 0.265 e. The van der Waals surface area contributed by atoms with Crippen molar-refractivity contribution in [2.45, 2.75) is 17.9 Å². The molecule has 0 radical (unpaired) electrons. The molecule has 1 unspecified atom stereocenters. The molecule has 0 aliphatic heterocycles. The summed E-state index contributed by atoms with van der Waals surface area (Å²) in [4.78, 5) is 15.7. The molecule has 0 spiro atoms. The van der Waals surface area contributed by atoms with Gasteiger partial charge < -0.3 is 15.0 Å². The van der Waals surface area contributed by atoms with Crippen molar-refractivity contribution < 1.29 is 17.9 Å². The first-order valence-corrected chi connectivity index (χ1v) is 10.5. The number of sulfonamides is 1. The Balaban J connectivity index is 1.47. The van der Waals surface area contributed by atoms with Gasteiger partial charge in [-0.15, -0.1) is 0 Å². The predicted molar refractivity (Wildman–Crippen MR) is 112 cm³/mol. The van der Waals surface area contributed by atoms with Crippen LogP contribution in [0.2, 0.25) is 0 Å². The number of carbonyl (C=O) groups is 1. The summed E-state index contributed by atoms with van der Waals surface area (Å²) in [7, 11) is -3.77. The van der Waals surface area contributed by atoms with Crippen LogP contribution in [0.4, 0.5) is 5.69 Å². The lowest BCUT2D eigenvalue weighted by Gasteiger charge is -2.15. The molecule has 1 atom stereocenters. The first kappa shape index (κ1) is 19.0. The molecule has 3 aromatic carbocycles. The number of hydrogen-bond donors (Lipinski definition) is 3. The first-order valence-electron chi connectivity index (χ1n) is 8.92. The van der Waals surface area contributed by atoms with Gasteiger partial charge >= 0.3 is 0 Å². The van der Waals surface area contributed by atoms with Gasteiger partial charge in [-0.25, -0.2) is 13.6 Å². The van der Waals surface area contributed by atoms with E-state index < -0.39 is 16.1 Å². The molecule has 0 aliphatic carbocycles. The number of nitrogens with two attached hydrogens (primary N) is 1. The molecule has 0 saturated carbocycles. The number of ether oxygens (including phenoxy) is 1. The summed E-state index contributed by atoms with van der Waals surface area (Å²) in [6, 6.07) is 19.3. The fourth-order valence-electron chi connectivity index (χ4n) is 3.14. The quantitative estimate of drug-likeness (QED) is 0.469. The molecule has 0 aliphatic rings. The monoisotopic (exact) mass is 409 g/mol. The number of nitrogens with one attached hydrogen (secondary N) is 2. The highest BCUT2D eigenvalue weighted by atomic mass is 32.2. The molecule has 4 N–H and O–H groups in total. The second-order valence-electron chi connectivity index (χ2n) is 6.70. The van der Waals surface area contributed by atoms with Gasteiger partial charge in [0.25, 0.3) is 5.91 Å². The van der Waals surface area contributed by atoms with Crippen molar-refractivity contribution in [2.75, 3.05) is 5.32 Å². The van der Waals surface area contributed by atoms with Crippen LogP contribution in [-0.2, 0) is 14.8 Å². The van der Waals surface area contributed by atoms with Gasteiger partial charge in [-0.3, -0.25) is 4.79 Å². The molecular weight excluding hydrogens is 390 g/mol. The highest BCUT2D eigenvalue weighted by Gasteiger charge is 2.16. The highest BCUT2D eigenvalue weighted by Crippen LogP contribution is 2.28. The van der Waals surface area contributed by atoms with Crippen molar-refractivity contribution in [3.05, 3.63) is 66.7 Å². The van der Waals surface area contributed by atoms with E-state index in [0.29, 0.717) is 11.4 Å². The van der Waals surface area contributed by atoms with Gasteiger partial charge in [0.05, 0.1) is 10.4 Å². The SMILES string of the molecule is CC(Oc1ccc2c(c1)[nH]c1ccccc12)C(=O)Nc1ccc(S(N)(=O)=O)cc1. The van der Waals surface area contributed by atoms with Crippen LogP contribution in [0.1, 0.15) is 6.92 Å². The fourth-order valence-corrected chi connectivity index (χ4v) is 3.65. The third kappa shape index (κ3) is 3.94. The number of amides is 1. The molecule has 29 heavy (non-hydrogen) atoms. The first-order chi connectivity index (χ1) is 13.8. The number of benzene rings is 3. The third-order valence-corrected chi connectivity index (χ3v) is 5.54. The summed E-state index contributed by atoms with van der Waals surface area (Å²) in [5.74, 6) is 0.210.